The highest BCUT2D eigenvalue weighted by Gasteiger charge is 2.24. The summed E-state index contributed by atoms with van der Waals surface area (Å²) in [6.45, 7) is 9.08. The van der Waals surface area contributed by atoms with Gasteiger partial charge in [-0.15, -0.1) is 11.3 Å². The van der Waals surface area contributed by atoms with Gasteiger partial charge in [0.2, 0.25) is 0 Å². The number of likely N-dealkylation sites (N-methyl/N-ethyl adjacent to an activating group) is 1. The number of carbonyl (C=O) groups is 1. The number of amides is 1. The standard InChI is InChI=1S/C20H29N3OS/c1-14-17(25-19(21-14)20(2,3)4)18(24)22-16(13-23(5)6)12-15-10-8-7-9-11-15/h7-11,16H,12-13H2,1-6H3,(H,22,24). The molecule has 1 amide bonds. The highest BCUT2D eigenvalue weighted by Crippen LogP contribution is 2.29. The molecule has 2 aromatic rings. The topological polar surface area (TPSA) is 45.2 Å². The summed E-state index contributed by atoms with van der Waals surface area (Å²) in [5, 5.41) is 4.21. The molecule has 0 saturated carbocycles. The van der Waals surface area contributed by atoms with E-state index in [1.807, 2.05) is 39.2 Å². The maximum absolute atomic E-state index is 12.8. The fourth-order valence-electron chi connectivity index (χ4n) is 2.68. The van der Waals surface area contributed by atoms with Gasteiger partial charge in [0.1, 0.15) is 4.88 Å². The molecule has 136 valence electrons. The number of hydrogen-bond donors (Lipinski definition) is 1. The second-order valence-electron chi connectivity index (χ2n) is 7.81. The van der Waals surface area contributed by atoms with Crippen molar-refractivity contribution in [1.29, 1.82) is 0 Å². The zero-order chi connectivity index (χ0) is 18.6. The van der Waals surface area contributed by atoms with E-state index in [0.717, 1.165) is 28.5 Å². The molecule has 0 aliphatic rings. The van der Waals surface area contributed by atoms with Gasteiger partial charge in [-0.25, -0.2) is 4.98 Å². The van der Waals surface area contributed by atoms with Crippen LogP contribution < -0.4 is 5.32 Å². The average molecular weight is 360 g/mol. The number of aromatic nitrogens is 1. The van der Waals surface area contributed by atoms with E-state index in [2.05, 4.69) is 48.1 Å². The van der Waals surface area contributed by atoms with Crippen molar-refractivity contribution >= 4 is 17.2 Å². The molecule has 1 N–H and O–H groups in total. The van der Waals surface area contributed by atoms with E-state index in [0.29, 0.717) is 0 Å². The van der Waals surface area contributed by atoms with Crippen molar-refractivity contribution in [3.05, 3.63) is 51.5 Å². The molecule has 0 bridgehead atoms. The lowest BCUT2D eigenvalue weighted by atomic mass is 9.98. The second kappa shape index (κ2) is 8.11. The lowest BCUT2D eigenvalue weighted by Crippen LogP contribution is -2.43. The van der Waals surface area contributed by atoms with Gasteiger partial charge in [-0.1, -0.05) is 51.1 Å². The number of nitrogens with one attached hydrogen (secondary N) is 1. The first-order valence-electron chi connectivity index (χ1n) is 8.64. The summed E-state index contributed by atoms with van der Waals surface area (Å²) in [5.74, 6) is -0.0201. The van der Waals surface area contributed by atoms with Gasteiger partial charge in [0.05, 0.1) is 10.7 Å². The van der Waals surface area contributed by atoms with Crippen molar-refractivity contribution in [3.8, 4) is 0 Å². The number of nitrogens with zero attached hydrogens (tertiary/aromatic N) is 2. The Hall–Kier alpha value is -1.72. The number of benzene rings is 1. The van der Waals surface area contributed by atoms with E-state index in [9.17, 15) is 4.79 Å². The summed E-state index contributed by atoms with van der Waals surface area (Å²) < 4.78 is 0. The molecule has 1 unspecified atom stereocenters. The highest BCUT2D eigenvalue weighted by molar-refractivity contribution is 7.14. The van der Waals surface area contributed by atoms with Gasteiger partial charge in [-0.2, -0.15) is 0 Å². The molecular formula is C20H29N3OS. The molecule has 0 spiro atoms. The Morgan fingerprint density at radius 1 is 1.24 bits per heavy atom. The monoisotopic (exact) mass is 359 g/mol. The summed E-state index contributed by atoms with van der Waals surface area (Å²) in [4.78, 5) is 20.3. The molecule has 0 aliphatic heterocycles. The maximum Gasteiger partial charge on any atom is 0.263 e. The Morgan fingerprint density at radius 2 is 1.88 bits per heavy atom. The maximum atomic E-state index is 12.8. The number of hydrogen-bond acceptors (Lipinski definition) is 4. The van der Waals surface area contributed by atoms with Crippen LogP contribution in [0, 0.1) is 6.92 Å². The van der Waals surface area contributed by atoms with Crippen LogP contribution in [0.25, 0.3) is 0 Å². The Morgan fingerprint density at radius 3 is 2.40 bits per heavy atom. The van der Waals surface area contributed by atoms with Crippen molar-refractivity contribution in [2.75, 3.05) is 20.6 Å². The number of thiazole rings is 1. The minimum absolute atomic E-state index is 0.0201. The summed E-state index contributed by atoms with van der Waals surface area (Å²) in [7, 11) is 4.06. The van der Waals surface area contributed by atoms with Crippen molar-refractivity contribution in [1.82, 2.24) is 15.2 Å². The van der Waals surface area contributed by atoms with Crippen LogP contribution in [0.1, 0.15) is 46.7 Å². The van der Waals surface area contributed by atoms with Crippen LogP contribution in [0.15, 0.2) is 30.3 Å². The molecule has 5 heteroatoms. The molecule has 1 heterocycles. The van der Waals surface area contributed by atoms with Crippen molar-refractivity contribution < 1.29 is 4.79 Å². The molecule has 2 rings (SSSR count). The third-order valence-electron chi connectivity index (χ3n) is 3.89. The van der Waals surface area contributed by atoms with E-state index < -0.39 is 0 Å². The van der Waals surface area contributed by atoms with Gasteiger partial charge in [0, 0.05) is 18.0 Å². The van der Waals surface area contributed by atoms with Crippen molar-refractivity contribution in [3.63, 3.8) is 0 Å². The van der Waals surface area contributed by atoms with Crippen LogP contribution in [-0.2, 0) is 11.8 Å². The van der Waals surface area contributed by atoms with Gasteiger partial charge >= 0.3 is 0 Å². The smallest absolute Gasteiger partial charge is 0.263 e. The van der Waals surface area contributed by atoms with Gasteiger partial charge in [-0.3, -0.25) is 4.79 Å². The molecule has 0 radical (unpaired) electrons. The second-order valence-corrected chi connectivity index (χ2v) is 8.80. The predicted molar refractivity (Wildman–Crippen MR) is 106 cm³/mol. The van der Waals surface area contributed by atoms with Crippen molar-refractivity contribution in [2.24, 2.45) is 0 Å². The minimum Gasteiger partial charge on any atom is -0.347 e. The zero-order valence-corrected chi connectivity index (χ0v) is 16.9. The summed E-state index contributed by atoms with van der Waals surface area (Å²) in [5.41, 5.74) is 2.00. The molecule has 1 aromatic carbocycles. The van der Waals surface area contributed by atoms with Gasteiger partial charge in [-0.05, 0) is 33.0 Å². The normalized spacial score (nSPS) is 13.1. The molecule has 1 atom stereocenters. The molecule has 0 aliphatic carbocycles. The minimum atomic E-state index is -0.0406. The van der Waals surface area contributed by atoms with Crippen LogP contribution in [0.3, 0.4) is 0 Å². The summed E-state index contributed by atoms with van der Waals surface area (Å²) in [6.07, 6.45) is 0.814. The van der Waals surface area contributed by atoms with Crippen LogP contribution >= 0.6 is 11.3 Å². The van der Waals surface area contributed by atoms with Gasteiger partial charge in [0.15, 0.2) is 0 Å². The van der Waals surface area contributed by atoms with Crippen LogP contribution in [0.5, 0.6) is 0 Å². The van der Waals surface area contributed by atoms with Crippen LogP contribution in [0.4, 0.5) is 0 Å². The Balaban J connectivity index is 2.15. The molecule has 4 nitrogen and oxygen atoms in total. The Bertz CT molecular complexity index is 701. The fourth-order valence-corrected chi connectivity index (χ4v) is 3.71. The Labute approximate surface area is 155 Å². The first-order chi connectivity index (χ1) is 11.7. The molecule has 0 fully saturated rings. The predicted octanol–water partition coefficient (Wildman–Crippen LogP) is 3.65. The third-order valence-corrected chi connectivity index (χ3v) is 5.47. The molecule has 0 saturated heterocycles. The summed E-state index contributed by atoms with van der Waals surface area (Å²) in [6, 6.07) is 10.3. The third kappa shape index (κ3) is 5.65. The number of aryl methyl sites for hydroxylation is 1. The average Bonchev–Trinajstić information content (AvgIpc) is 2.89. The lowest BCUT2D eigenvalue weighted by molar-refractivity contribution is 0.0933. The van der Waals surface area contributed by atoms with Crippen LogP contribution in [0.2, 0.25) is 0 Å². The number of carbonyl (C=O) groups excluding carboxylic acids is 1. The van der Waals surface area contributed by atoms with Crippen molar-refractivity contribution in [2.45, 2.75) is 45.6 Å². The SMILES string of the molecule is Cc1nc(C(C)(C)C)sc1C(=O)NC(Cc1ccccc1)CN(C)C. The molecular weight excluding hydrogens is 330 g/mol. The van der Waals surface area contributed by atoms with Gasteiger partial charge < -0.3 is 10.2 Å². The largest absolute Gasteiger partial charge is 0.347 e. The van der Waals surface area contributed by atoms with Gasteiger partial charge in [0.25, 0.3) is 5.91 Å². The first-order valence-corrected chi connectivity index (χ1v) is 9.46. The van der Waals surface area contributed by atoms with E-state index in [1.54, 1.807) is 0 Å². The molecule has 1 aromatic heterocycles. The summed E-state index contributed by atoms with van der Waals surface area (Å²) >= 11 is 1.50. The van der Waals surface area contributed by atoms with Crippen LogP contribution in [-0.4, -0.2) is 42.5 Å². The highest BCUT2D eigenvalue weighted by atomic mass is 32.1. The quantitative estimate of drug-likeness (QED) is 0.856. The van der Waals surface area contributed by atoms with E-state index in [-0.39, 0.29) is 17.4 Å². The van der Waals surface area contributed by atoms with E-state index >= 15 is 0 Å². The number of rotatable bonds is 6. The first kappa shape index (κ1) is 19.6. The Kier molecular flexibility index (Phi) is 6.36. The zero-order valence-electron chi connectivity index (χ0n) is 16.1. The fraction of sp³-hybridized carbons (Fsp3) is 0.500. The molecule has 25 heavy (non-hydrogen) atoms. The van der Waals surface area contributed by atoms with E-state index in [4.69, 9.17) is 0 Å². The van der Waals surface area contributed by atoms with E-state index in [1.165, 1.54) is 16.9 Å². The lowest BCUT2D eigenvalue weighted by Gasteiger charge is -2.22.